The van der Waals surface area contributed by atoms with Gasteiger partial charge in [0.2, 0.25) is 53.2 Å². The maximum Gasteiger partial charge on any atom is 0.330 e. The lowest BCUT2D eigenvalue weighted by Crippen LogP contribution is -2.62. The van der Waals surface area contributed by atoms with Crippen LogP contribution in [-0.2, 0) is 76.7 Å². The molecule has 25 N–H and O–H groups in total. The number of carbonyl (C=O) groups is 12. The number of hydrogen-bond acceptors (Lipinski definition) is 19. The van der Waals surface area contributed by atoms with Crippen molar-refractivity contribution in [3.63, 3.8) is 0 Å². The second-order valence-corrected chi connectivity index (χ2v) is 26.2. The van der Waals surface area contributed by atoms with Crippen LogP contribution in [0.25, 0.3) is 10.9 Å². The molecule has 0 saturated carbocycles. The van der Waals surface area contributed by atoms with Crippen LogP contribution >= 0.6 is 12.4 Å². The molecule has 2 aliphatic heterocycles. The molecule has 0 aliphatic carbocycles. The number of primary amides is 1. The average molecular weight is 1490 g/mol. The van der Waals surface area contributed by atoms with Gasteiger partial charge in [-0.25, -0.2) is 28.8 Å². The number of carboxylic acids is 1. The van der Waals surface area contributed by atoms with Crippen LogP contribution in [0.2, 0.25) is 0 Å². The van der Waals surface area contributed by atoms with Gasteiger partial charge in [0.1, 0.15) is 60.1 Å². The smallest absolute Gasteiger partial charge is 0.330 e. The van der Waals surface area contributed by atoms with Crippen molar-refractivity contribution in [2.45, 2.75) is 184 Å². The number of benzene rings is 2. The fourth-order valence-electron chi connectivity index (χ4n) is 11.0. The number of rotatable bonds is 36. The number of aliphatic hydroxyl groups is 1. The molecule has 1 unspecified atom stereocenters. The molecule has 2 aromatic heterocycles. The molecule has 2 aliphatic rings. The Morgan fingerprint density at radius 2 is 1.34 bits per heavy atom. The number of amides is 12. The number of phenols is 1. The molecule has 574 valence electrons. The van der Waals surface area contributed by atoms with Crippen LogP contribution in [0, 0.1) is 11.3 Å². The van der Waals surface area contributed by atoms with Crippen molar-refractivity contribution < 1.29 is 86.4 Å². The summed E-state index contributed by atoms with van der Waals surface area (Å²) in [4.78, 5) is 173. The number of aromatic hydroxyl groups is 1. The minimum atomic E-state index is -3.07. The molecule has 2 aromatic carbocycles. The Morgan fingerprint density at radius 1 is 0.750 bits per heavy atom. The van der Waals surface area contributed by atoms with Crippen LogP contribution in [0.1, 0.15) is 109 Å². The number of aromatic amines is 2. The van der Waals surface area contributed by atoms with Crippen LogP contribution in [0.15, 0.2) is 67.3 Å². The van der Waals surface area contributed by atoms with Gasteiger partial charge in [-0.15, -0.1) is 12.4 Å². The van der Waals surface area contributed by atoms with Crippen LogP contribution in [0.5, 0.6) is 5.75 Å². The highest BCUT2D eigenvalue weighted by Crippen LogP contribution is 2.23. The summed E-state index contributed by atoms with van der Waals surface area (Å²) >= 11 is 0. The number of alkyl halides is 2. The molecule has 10 atom stereocenters. The van der Waals surface area contributed by atoms with E-state index in [4.69, 9.17) is 38.2 Å². The average Bonchev–Trinajstić information content (AvgIpc) is 1.79. The van der Waals surface area contributed by atoms with E-state index in [1.165, 1.54) is 41.7 Å². The molecule has 104 heavy (non-hydrogen) atoms. The summed E-state index contributed by atoms with van der Waals surface area (Å²) in [6.07, 6.45) is 1.75. The predicted octanol–water partition coefficient (Wildman–Crippen LogP) is -2.70. The molecule has 39 heteroatoms. The van der Waals surface area contributed by atoms with Crippen molar-refractivity contribution in [2.24, 2.45) is 28.9 Å². The molecule has 12 amide bonds. The number of imidazole rings is 1. The highest BCUT2D eigenvalue weighted by atomic mass is 35.5. The number of aromatic nitrogens is 3. The topological polar surface area (TPSA) is 583 Å². The number of guanidine groups is 1. The quantitative estimate of drug-likeness (QED) is 0.00953. The third kappa shape index (κ3) is 27.1. The Hall–Kier alpha value is -10.3. The summed E-state index contributed by atoms with van der Waals surface area (Å²) in [7, 11) is 0. The van der Waals surface area contributed by atoms with Gasteiger partial charge in [0, 0.05) is 62.1 Å². The first-order chi connectivity index (χ1) is 48.6. The molecule has 4 heterocycles. The number of nitrogens with one attached hydrogen (secondary N) is 14. The number of ether oxygens (including phenoxy) is 1. The Labute approximate surface area is 603 Å². The number of nitrogens with two attached hydrogens (primary N) is 4. The van der Waals surface area contributed by atoms with Gasteiger partial charge in [0.05, 0.1) is 30.8 Å². The minimum absolute atomic E-state index is 0. The van der Waals surface area contributed by atoms with Crippen LogP contribution in [0.4, 0.5) is 13.6 Å². The molecule has 4 aromatic rings. The summed E-state index contributed by atoms with van der Waals surface area (Å²) < 4.78 is 30.2. The summed E-state index contributed by atoms with van der Waals surface area (Å²) in [5, 5.41) is 61.3. The summed E-state index contributed by atoms with van der Waals surface area (Å²) in [5.41, 5.74) is 23.4. The number of phenolic OH excluding ortho intramolecular Hbond substituents is 1. The normalized spacial score (nSPS) is 16.7. The number of H-pyrrole nitrogens is 2. The molecule has 6 rings (SSSR count). The van der Waals surface area contributed by atoms with Gasteiger partial charge in [-0.3, -0.25) is 58.8 Å². The number of hydrazine groups is 1. The Balaban J connectivity index is 0.00000161. The number of halogens is 3. The minimum Gasteiger partial charge on any atom is -0.508 e. The highest BCUT2D eigenvalue weighted by Gasteiger charge is 2.44. The van der Waals surface area contributed by atoms with E-state index in [9.17, 15) is 76.5 Å². The lowest BCUT2D eigenvalue weighted by Gasteiger charge is -2.31. The predicted molar refractivity (Wildman–Crippen MR) is 374 cm³/mol. The molecule has 0 spiro atoms. The fraction of sp³-hybridized carbons (Fsp3) is 0.538. The third-order valence-electron chi connectivity index (χ3n) is 16.5. The van der Waals surface area contributed by atoms with Crippen LogP contribution < -0.4 is 81.6 Å². The van der Waals surface area contributed by atoms with Gasteiger partial charge in [0.25, 0.3) is 12.3 Å². The number of likely N-dealkylation sites (tertiary alicyclic amines) is 1. The van der Waals surface area contributed by atoms with E-state index in [1.54, 1.807) is 65.1 Å². The monoisotopic (exact) mass is 1490 g/mol. The number of urea groups is 1. The van der Waals surface area contributed by atoms with Crippen molar-refractivity contribution in [1.29, 1.82) is 5.41 Å². The highest BCUT2D eigenvalue weighted by molar-refractivity contribution is 6.00. The van der Waals surface area contributed by atoms with Crippen molar-refractivity contribution in [3.05, 3.63) is 84.1 Å². The number of fused-ring (bicyclic) bond motifs is 1. The van der Waals surface area contributed by atoms with Crippen LogP contribution in [-0.4, -0.2) is 217 Å². The Kier molecular flexibility index (Phi) is 34.0. The van der Waals surface area contributed by atoms with Gasteiger partial charge in [-0.1, -0.05) is 44.2 Å². The van der Waals surface area contributed by atoms with Gasteiger partial charge < -0.3 is 106 Å². The lowest BCUT2D eigenvalue weighted by molar-refractivity contribution is -0.150. The summed E-state index contributed by atoms with van der Waals surface area (Å²) in [6, 6.07) is -0.755. The van der Waals surface area contributed by atoms with Gasteiger partial charge >= 0.3 is 12.0 Å². The first-order valence-corrected chi connectivity index (χ1v) is 33.3. The van der Waals surface area contributed by atoms with E-state index in [1.807, 2.05) is 5.43 Å². The second-order valence-electron chi connectivity index (χ2n) is 26.2. The van der Waals surface area contributed by atoms with E-state index < -0.39 is 150 Å². The molecule has 2 saturated heterocycles. The second kappa shape index (κ2) is 41.1. The van der Waals surface area contributed by atoms with Crippen LogP contribution in [0.3, 0.4) is 0 Å². The Morgan fingerprint density at radius 3 is 1.90 bits per heavy atom. The number of hydrogen-bond donors (Lipinski definition) is 21. The first kappa shape index (κ1) is 86.1. The van der Waals surface area contributed by atoms with Gasteiger partial charge in [-0.2, -0.15) is 0 Å². The molecule has 0 bridgehead atoms. The number of aliphatic hydroxyl groups excluding tert-OH is 1. The maximum atomic E-state index is 14.8. The van der Waals surface area contributed by atoms with Gasteiger partial charge in [-0.05, 0) is 114 Å². The van der Waals surface area contributed by atoms with Gasteiger partial charge in [0.15, 0.2) is 11.5 Å². The molecular formula is C65H97ClF2N20O16. The van der Waals surface area contributed by atoms with Crippen molar-refractivity contribution in [1.82, 2.24) is 78.6 Å². The summed E-state index contributed by atoms with van der Waals surface area (Å²) in [6.45, 7) is 7.48. The SMILES string of the molecule is CC(C)C[C@H](NC(=O)[C@@H](COC(C)(C)C)NC(=O)[C@H](Cc1ccc(O)cc1)NC(=O)[C@H](CO)NC(=O)[C@H](Cc1c[nH]c2ccccc12)NC(=O)[C@H](Cc1c[nH]cn1)NC(=O)[C@@H]1CCC(=O)N1)C(=O)N[C@@H](CCCNC(=N)N)C(=O)N1CCC[C@H]1C(=O)NNC(N)=O.Cl.NCCCC(N)(C(=O)O)C(F)F. The molecule has 0 radical (unpaired) electrons. The standard InChI is InChI=1S/C59H84N18O14.C6H12F2N2O2.ClH/c1-31(2)22-40(49(82)68-39(12-8-20-64-57(60)61)56(89)77-21-9-13-46(77)55(88)75-76-58(62)90)69-54(87)45(29-91-59(3,4)5)74-50(83)41(23-32-14-16-35(79)17-15-32)70-53(86)44(28-78)73-51(84)42(24-33-26-65-37-11-7-6-10-36(33)37)71-52(85)43(25-34-27-63-30-66-34)72-48(81)38-18-19-47(80)67-38;7-4(8)6(10,5(11)12)2-1-3-9;/h6-7,10-11,14-17,26-27,30-31,38-46,65,78-79H,8-9,12-13,18-25,28-29H2,1-5H3,(H,63,66)(H,67,80)(H,68,82)(H,69,87)(H,70,86)(H,71,85)(H,72,81)(H,73,84)(H,74,83)(H,75,88)(H4,60,61,64)(H3,62,76,90);4H,1-3,9-10H2,(H,11,12);1H/t38-,39-,40-,41-,42-,43-,44-,45+,46-;;/m0../s1. The van der Waals surface area contributed by atoms with Crippen molar-refractivity contribution in [2.75, 3.05) is 32.8 Å². The van der Waals surface area contributed by atoms with E-state index in [2.05, 4.69) is 68.2 Å². The summed E-state index contributed by atoms with van der Waals surface area (Å²) in [5.74, 6) is -10.4. The number of aliphatic carboxylic acids is 1. The number of carbonyl (C=O) groups excluding carboxylic acids is 11. The zero-order valence-corrected chi connectivity index (χ0v) is 59.1. The van der Waals surface area contributed by atoms with E-state index >= 15 is 0 Å². The van der Waals surface area contributed by atoms with Crippen molar-refractivity contribution >= 4 is 100 Å². The van der Waals surface area contributed by atoms with Crippen molar-refractivity contribution in [3.8, 4) is 5.75 Å². The van der Waals surface area contributed by atoms with E-state index in [0.717, 1.165) is 0 Å². The Bertz CT molecular complexity index is 3590. The fourth-order valence-corrected chi connectivity index (χ4v) is 11.0. The molecule has 2 fully saturated rings. The number of para-hydroxylation sites is 1. The van der Waals surface area contributed by atoms with E-state index in [0.29, 0.717) is 34.1 Å². The lowest BCUT2D eigenvalue weighted by atomic mass is 9.95. The van der Waals surface area contributed by atoms with E-state index in [-0.39, 0.29) is 126 Å². The first-order valence-electron chi connectivity index (χ1n) is 33.3. The largest absolute Gasteiger partial charge is 0.508 e. The molecule has 36 nitrogen and oxygen atoms in total. The number of nitrogens with zero attached hydrogens (tertiary/aromatic N) is 2. The maximum absolute atomic E-state index is 14.8. The zero-order chi connectivity index (χ0) is 76.3. The third-order valence-corrected chi connectivity index (χ3v) is 16.5. The zero-order valence-electron chi connectivity index (χ0n) is 58.2. The molecular weight excluding hydrogens is 1390 g/mol. The number of carboxylic acid groups (broad SMARTS) is 1.